The summed E-state index contributed by atoms with van der Waals surface area (Å²) < 4.78 is 0. The number of allylic oxidation sites excluding steroid dienone is 2. The second-order valence-corrected chi connectivity index (χ2v) is 3.20. The fraction of sp³-hybridized carbons (Fsp3) is 0.111. The molecule has 0 saturated heterocycles. The molecule has 0 atom stereocenters. The molecule has 0 heteroatoms. The lowest BCUT2D eigenvalue weighted by molar-refractivity contribution is 1.50. The van der Waals surface area contributed by atoms with Crippen LogP contribution < -0.4 is 0 Å². The van der Waals surface area contributed by atoms with E-state index in [0.717, 1.165) is 0 Å². The van der Waals surface area contributed by atoms with Crippen molar-refractivity contribution in [2.45, 2.75) is 13.8 Å². The minimum Gasteiger partial charge on any atom is -0.0991 e. The largest absolute Gasteiger partial charge is 0.0991 e. The predicted octanol–water partition coefficient (Wildman–Crippen LogP) is 5.74. The van der Waals surface area contributed by atoms with Crippen LogP contribution in [0.4, 0.5) is 0 Å². The van der Waals surface area contributed by atoms with Gasteiger partial charge in [-0.3, -0.25) is 0 Å². The molecule has 0 amide bonds. The molecule has 0 saturated carbocycles. The molecule has 0 fully saturated rings. The first-order valence-corrected chi connectivity index (χ1v) is 6.22. The van der Waals surface area contributed by atoms with Gasteiger partial charge in [0, 0.05) is 0 Å². The van der Waals surface area contributed by atoms with E-state index in [2.05, 4.69) is 61.7 Å². The van der Waals surface area contributed by atoms with Gasteiger partial charge in [-0.1, -0.05) is 99.8 Å². The molecule has 2 aromatic carbocycles. The summed E-state index contributed by atoms with van der Waals surface area (Å²) in [6.45, 7) is 10.7. The molecule has 0 unspecified atom stereocenters. The molecule has 0 aliphatic rings. The lowest BCUT2D eigenvalue weighted by Crippen LogP contribution is -1.73. The van der Waals surface area contributed by atoms with Crippen LogP contribution in [0, 0.1) is 0 Å². The van der Waals surface area contributed by atoms with Crippen molar-refractivity contribution >= 4 is 0 Å². The highest BCUT2D eigenvalue weighted by atomic mass is 14.0. The van der Waals surface area contributed by atoms with Crippen molar-refractivity contribution in [1.82, 2.24) is 0 Å². The zero-order chi connectivity index (χ0) is 13.6. The third-order valence-corrected chi connectivity index (χ3v) is 2.05. The minimum atomic E-state index is 1.28. The Morgan fingerprint density at radius 2 is 0.889 bits per heavy atom. The van der Waals surface area contributed by atoms with Crippen molar-refractivity contribution in [2.75, 3.05) is 0 Å². The molecule has 2 rings (SSSR count). The molecule has 0 aliphatic carbocycles. The van der Waals surface area contributed by atoms with Gasteiger partial charge in [0.15, 0.2) is 0 Å². The van der Waals surface area contributed by atoms with Crippen molar-refractivity contribution in [2.24, 2.45) is 0 Å². The van der Waals surface area contributed by atoms with Crippen LogP contribution in [0.3, 0.4) is 0 Å². The molecule has 0 nitrogen and oxygen atoms in total. The highest BCUT2D eigenvalue weighted by Crippen LogP contribution is 2.17. The zero-order valence-electron chi connectivity index (χ0n) is 11.3. The van der Waals surface area contributed by atoms with Gasteiger partial charge in [-0.2, -0.15) is 0 Å². The quantitative estimate of drug-likeness (QED) is 0.585. The fourth-order valence-electron chi connectivity index (χ4n) is 1.26. The van der Waals surface area contributed by atoms with Gasteiger partial charge >= 0.3 is 0 Å². The normalized spacial score (nSPS) is 7.89. The maximum absolute atomic E-state index is 3.36. The van der Waals surface area contributed by atoms with Crippen LogP contribution in [0.25, 0.3) is 11.1 Å². The van der Waals surface area contributed by atoms with Crippen molar-refractivity contribution in [3.63, 3.8) is 0 Å². The molecule has 0 spiro atoms. The molecule has 0 aromatic heterocycles. The van der Waals surface area contributed by atoms with Gasteiger partial charge in [0.2, 0.25) is 0 Å². The number of benzene rings is 2. The Kier molecular flexibility index (Phi) is 10.1. The number of rotatable bonds is 2. The lowest BCUT2D eigenvalue weighted by Gasteiger charge is -1.98. The maximum Gasteiger partial charge on any atom is -0.0184 e. The van der Waals surface area contributed by atoms with Crippen LogP contribution in [0.2, 0.25) is 0 Å². The topological polar surface area (TPSA) is 0 Å². The van der Waals surface area contributed by atoms with E-state index in [1.54, 1.807) is 12.2 Å². The molecule has 94 valence electrons. The average Bonchev–Trinajstić information content (AvgIpc) is 2.51. The van der Waals surface area contributed by atoms with Gasteiger partial charge in [-0.25, -0.2) is 0 Å². The highest BCUT2D eigenvalue weighted by Gasteiger charge is 1.91. The van der Waals surface area contributed by atoms with Crippen molar-refractivity contribution in [3.8, 4) is 11.1 Å². The zero-order valence-corrected chi connectivity index (χ0v) is 11.3. The van der Waals surface area contributed by atoms with Crippen LogP contribution in [0.1, 0.15) is 13.8 Å². The van der Waals surface area contributed by atoms with Gasteiger partial charge in [-0.05, 0) is 11.1 Å². The Bertz CT molecular complexity index is 369. The minimum absolute atomic E-state index is 1.28. The van der Waals surface area contributed by atoms with E-state index in [1.807, 2.05) is 26.0 Å². The van der Waals surface area contributed by atoms with Gasteiger partial charge in [0.05, 0.1) is 0 Å². The fourth-order valence-corrected chi connectivity index (χ4v) is 1.26. The third kappa shape index (κ3) is 6.49. The summed E-state index contributed by atoms with van der Waals surface area (Å²) in [5.74, 6) is 0. The van der Waals surface area contributed by atoms with E-state index < -0.39 is 0 Å². The Labute approximate surface area is 111 Å². The summed E-state index contributed by atoms with van der Waals surface area (Å²) in [6, 6.07) is 20.8. The summed E-state index contributed by atoms with van der Waals surface area (Å²) in [6.07, 6.45) is 3.28. The van der Waals surface area contributed by atoms with E-state index in [9.17, 15) is 0 Å². The summed E-state index contributed by atoms with van der Waals surface area (Å²) in [4.78, 5) is 0. The Balaban J connectivity index is 0.000000415. The van der Waals surface area contributed by atoms with Crippen molar-refractivity contribution in [3.05, 3.63) is 86.0 Å². The van der Waals surface area contributed by atoms with Crippen LogP contribution in [-0.2, 0) is 0 Å². The molecule has 2 aromatic rings. The predicted molar refractivity (Wildman–Crippen MR) is 83.6 cm³/mol. The molecular formula is C18H22. The Hall–Kier alpha value is -2.08. The first kappa shape index (κ1) is 15.9. The van der Waals surface area contributed by atoms with Crippen LogP contribution >= 0.6 is 0 Å². The van der Waals surface area contributed by atoms with E-state index >= 15 is 0 Å². The summed E-state index contributed by atoms with van der Waals surface area (Å²) in [5, 5.41) is 0. The summed E-state index contributed by atoms with van der Waals surface area (Å²) in [7, 11) is 0. The van der Waals surface area contributed by atoms with Gasteiger partial charge < -0.3 is 0 Å². The van der Waals surface area contributed by atoms with E-state index in [0.29, 0.717) is 0 Å². The number of hydrogen-bond donors (Lipinski definition) is 0. The molecule has 18 heavy (non-hydrogen) atoms. The lowest BCUT2D eigenvalue weighted by atomic mass is 10.1. The summed E-state index contributed by atoms with van der Waals surface area (Å²) in [5.41, 5.74) is 2.55. The highest BCUT2D eigenvalue weighted by molar-refractivity contribution is 5.62. The Morgan fingerprint density at radius 1 is 0.611 bits per heavy atom. The van der Waals surface area contributed by atoms with E-state index in [4.69, 9.17) is 0 Å². The second kappa shape index (κ2) is 11.4. The SMILES string of the molecule is C=CC=C.CC.c1ccc(-c2ccccc2)cc1. The monoisotopic (exact) mass is 238 g/mol. The first-order chi connectivity index (χ1) is 8.88. The molecular weight excluding hydrogens is 216 g/mol. The van der Waals surface area contributed by atoms with Crippen LogP contribution in [0.5, 0.6) is 0 Å². The van der Waals surface area contributed by atoms with Gasteiger partial charge in [0.25, 0.3) is 0 Å². The van der Waals surface area contributed by atoms with Crippen LogP contribution in [0.15, 0.2) is 86.0 Å². The van der Waals surface area contributed by atoms with Gasteiger partial charge in [-0.15, -0.1) is 0 Å². The van der Waals surface area contributed by atoms with Gasteiger partial charge in [0.1, 0.15) is 0 Å². The van der Waals surface area contributed by atoms with Crippen molar-refractivity contribution < 1.29 is 0 Å². The molecule has 0 N–H and O–H groups in total. The van der Waals surface area contributed by atoms with E-state index in [1.165, 1.54) is 11.1 Å². The average molecular weight is 238 g/mol. The molecule has 0 radical (unpaired) electrons. The van der Waals surface area contributed by atoms with E-state index in [-0.39, 0.29) is 0 Å². The first-order valence-electron chi connectivity index (χ1n) is 6.22. The summed E-state index contributed by atoms with van der Waals surface area (Å²) >= 11 is 0. The standard InChI is InChI=1S/C12H10.C4H6.C2H6/c1-3-7-11(8-4-1)12-9-5-2-6-10-12;1-3-4-2;1-2/h1-10H;3-4H,1-2H2;1-2H3. The smallest absolute Gasteiger partial charge is 0.0184 e. The Morgan fingerprint density at radius 3 is 1.11 bits per heavy atom. The maximum atomic E-state index is 3.36. The molecule has 0 aliphatic heterocycles. The second-order valence-electron chi connectivity index (χ2n) is 3.20. The van der Waals surface area contributed by atoms with Crippen molar-refractivity contribution in [1.29, 1.82) is 0 Å². The third-order valence-electron chi connectivity index (χ3n) is 2.05. The molecule has 0 bridgehead atoms. The number of hydrogen-bond acceptors (Lipinski definition) is 0. The van der Waals surface area contributed by atoms with Crippen LogP contribution in [-0.4, -0.2) is 0 Å². The molecule has 0 heterocycles.